The number of carbonyl (C=O) groups excluding carboxylic acids is 3. The Morgan fingerprint density at radius 3 is 2.37 bits per heavy atom. The molecular weight excluding hydrogens is 344 g/mol. The van der Waals surface area contributed by atoms with E-state index in [2.05, 4.69) is 0 Å². The van der Waals surface area contributed by atoms with Gasteiger partial charge in [0.05, 0.1) is 0 Å². The van der Waals surface area contributed by atoms with E-state index in [1.807, 2.05) is 36.1 Å². The zero-order valence-corrected chi connectivity index (χ0v) is 16.0. The van der Waals surface area contributed by atoms with E-state index < -0.39 is 0 Å². The molecule has 2 fully saturated rings. The van der Waals surface area contributed by atoms with Gasteiger partial charge in [0.2, 0.25) is 5.91 Å². The van der Waals surface area contributed by atoms with Crippen LogP contribution in [0.15, 0.2) is 24.3 Å². The van der Waals surface area contributed by atoms with E-state index in [9.17, 15) is 14.4 Å². The monoisotopic (exact) mass is 372 g/mol. The zero-order chi connectivity index (χ0) is 19.2. The van der Waals surface area contributed by atoms with Crippen molar-refractivity contribution in [2.45, 2.75) is 45.1 Å². The molecule has 1 aromatic carbocycles. The standard InChI is InChI=1S/C21H28N2O4/c1-16-5-7-17(8-6-16)18(24)9-10-20(25)22-11-3-12-23(14-13-22)21(26)19-4-2-15-27-19/h5-8,19H,2-4,9-15H2,1H3. The fourth-order valence-corrected chi connectivity index (χ4v) is 3.63. The average molecular weight is 372 g/mol. The number of benzene rings is 1. The summed E-state index contributed by atoms with van der Waals surface area (Å²) >= 11 is 0. The minimum atomic E-state index is -0.306. The third kappa shape index (κ3) is 5.16. The summed E-state index contributed by atoms with van der Waals surface area (Å²) in [7, 11) is 0. The molecular formula is C21H28N2O4. The molecule has 27 heavy (non-hydrogen) atoms. The lowest BCUT2D eigenvalue weighted by atomic mass is 10.0. The van der Waals surface area contributed by atoms with Crippen molar-refractivity contribution in [1.29, 1.82) is 0 Å². The largest absolute Gasteiger partial charge is 0.368 e. The molecule has 6 heteroatoms. The van der Waals surface area contributed by atoms with Gasteiger partial charge in [-0.1, -0.05) is 29.8 Å². The van der Waals surface area contributed by atoms with E-state index in [-0.39, 0.29) is 36.5 Å². The first-order valence-corrected chi connectivity index (χ1v) is 9.82. The van der Waals surface area contributed by atoms with Crippen LogP contribution < -0.4 is 0 Å². The molecule has 146 valence electrons. The summed E-state index contributed by atoms with van der Waals surface area (Å²) in [5.74, 6) is 0.0339. The smallest absolute Gasteiger partial charge is 0.251 e. The van der Waals surface area contributed by atoms with Crippen LogP contribution in [0.1, 0.15) is 48.0 Å². The normalized spacial score (nSPS) is 20.4. The van der Waals surface area contributed by atoms with Crippen molar-refractivity contribution in [1.82, 2.24) is 9.80 Å². The summed E-state index contributed by atoms with van der Waals surface area (Å²) in [5, 5.41) is 0. The van der Waals surface area contributed by atoms with Gasteiger partial charge in [0.15, 0.2) is 5.78 Å². The summed E-state index contributed by atoms with van der Waals surface area (Å²) in [6.45, 7) is 4.98. The lowest BCUT2D eigenvalue weighted by Crippen LogP contribution is -2.41. The molecule has 0 saturated carbocycles. The minimum Gasteiger partial charge on any atom is -0.368 e. The van der Waals surface area contributed by atoms with Crippen LogP contribution in [0.3, 0.4) is 0 Å². The van der Waals surface area contributed by atoms with Gasteiger partial charge >= 0.3 is 0 Å². The van der Waals surface area contributed by atoms with Gasteiger partial charge in [-0.2, -0.15) is 0 Å². The molecule has 0 N–H and O–H groups in total. The molecule has 0 bridgehead atoms. The highest BCUT2D eigenvalue weighted by molar-refractivity contribution is 5.98. The van der Waals surface area contributed by atoms with Gasteiger partial charge < -0.3 is 14.5 Å². The minimum absolute atomic E-state index is 0.00615. The quantitative estimate of drug-likeness (QED) is 0.743. The molecule has 1 aromatic rings. The van der Waals surface area contributed by atoms with Gasteiger partial charge in [-0.3, -0.25) is 14.4 Å². The Hall–Kier alpha value is -2.21. The van der Waals surface area contributed by atoms with E-state index >= 15 is 0 Å². The van der Waals surface area contributed by atoms with Crippen LogP contribution in [0.5, 0.6) is 0 Å². The number of aryl methyl sites for hydroxylation is 1. The highest BCUT2D eigenvalue weighted by Gasteiger charge is 2.30. The maximum atomic E-state index is 12.5. The van der Waals surface area contributed by atoms with Crippen LogP contribution in [0.25, 0.3) is 0 Å². The molecule has 2 aliphatic heterocycles. The van der Waals surface area contributed by atoms with Gasteiger partial charge in [-0.05, 0) is 26.2 Å². The molecule has 2 heterocycles. The number of Topliss-reactive ketones (excluding diaryl/α,β-unsaturated/α-hetero) is 1. The first-order chi connectivity index (χ1) is 13.0. The number of carbonyl (C=O) groups is 3. The van der Waals surface area contributed by atoms with Crippen molar-refractivity contribution in [2.24, 2.45) is 0 Å². The highest BCUT2D eigenvalue weighted by Crippen LogP contribution is 2.16. The zero-order valence-electron chi connectivity index (χ0n) is 16.0. The van der Waals surface area contributed by atoms with Crippen LogP contribution >= 0.6 is 0 Å². The third-order valence-electron chi connectivity index (χ3n) is 5.30. The molecule has 0 aromatic heterocycles. The maximum absolute atomic E-state index is 12.5. The van der Waals surface area contributed by atoms with Crippen LogP contribution in [-0.2, 0) is 14.3 Å². The third-order valence-corrected chi connectivity index (χ3v) is 5.30. The lowest BCUT2D eigenvalue weighted by Gasteiger charge is -2.24. The van der Waals surface area contributed by atoms with Crippen LogP contribution in [-0.4, -0.2) is 66.3 Å². The van der Waals surface area contributed by atoms with Gasteiger partial charge in [-0.15, -0.1) is 0 Å². The fraction of sp³-hybridized carbons (Fsp3) is 0.571. The van der Waals surface area contributed by atoms with Gasteiger partial charge in [-0.25, -0.2) is 0 Å². The molecule has 0 aliphatic carbocycles. The summed E-state index contributed by atoms with van der Waals surface area (Å²) in [4.78, 5) is 40.9. The molecule has 0 spiro atoms. The van der Waals surface area contributed by atoms with Gasteiger partial charge in [0, 0.05) is 51.2 Å². The van der Waals surface area contributed by atoms with Crippen LogP contribution in [0.2, 0.25) is 0 Å². The van der Waals surface area contributed by atoms with E-state index in [0.29, 0.717) is 38.3 Å². The average Bonchev–Trinajstić information content (AvgIpc) is 3.10. The predicted molar refractivity (Wildman–Crippen MR) is 101 cm³/mol. The molecule has 2 aliphatic rings. The maximum Gasteiger partial charge on any atom is 0.251 e. The highest BCUT2D eigenvalue weighted by atomic mass is 16.5. The summed E-state index contributed by atoms with van der Waals surface area (Å²) in [5.41, 5.74) is 1.76. The van der Waals surface area contributed by atoms with Crippen LogP contribution in [0, 0.1) is 6.92 Å². The molecule has 1 unspecified atom stereocenters. The number of ketones is 1. The fourth-order valence-electron chi connectivity index (χ4n) is 3.63. The van der Waals surface area contributed by atoms with Crippen molar-refractivity contribution in [3.63, 3.8) is 0 Å². The van der Waals surface area contributed by atoms with Crippen molar-refractivity contribution < 1.29 is 19.1 Å². The number of rotatable bonds is 5. The number of hydrogen-bond acceptors (Lipinski definition) is 4. The van der Waals surface area contributed by atoms with E-state index in [4.69, 9.17) is 4.74 Å². The topological polar surface area (TPSA) is 66.9 Å². The molecule has 6 nitrogen and oxygen atoms in total. The predicted octanol–water partition coefficient (Wildman–Crippen LogP) is 2.20. The second-order valence-electron chi connectivity index (χ2n) is 7.35. The first kappa shape index (κ1) is 19.5. The summed E-state index contributed by atoms with van der Waals surface area (Å²) in [6, 6.07) is 7.43. The Labute approximate surface area is 160 Å². The number of nitrogens with zero attached hydrogens (tertiary/aromatic N) is 2. The Balaban J connectivity index is 1.46. The Bertz CT molecular complexity index is 680. The Morgan fingerprint density at radius 2 is 1.67 bits per heavy atom. The number of amides is 2. The van der Waals surface area contributed by atoms with E-state index in [1.165, 1.54) is 0 Å². The van der Waals surface area contributed by atoms with Crippen LogP contribution in [0.4, 0.5) is 0 Å². The first-order valence-electron chi connectivity index (χ1n) is 9.82. The summed E-state index contributed by atoms with van der Waals surface area (Å²) < 4.78 is 5.49. The Kier molecular flexibility index (Phi) is 6.61. The van der Waals surface area contributed by atoms with Crippen molar-refractivity contribution >= 4 is 17.6 Å². The number of hydrogen-bond donors (Lipinski definition) is 0. The molecule has 0 radical (unpaired) electrons. The molecule has 3 rings (SSSR count). The van der Waals surface area contributed by atoms with Crippen molar-refractivity contribution in [2.75, 3.05) is 32.8 Å². The Morgan fingerprint density at radius 1 is 0.963 bits per heavy atom. The molecule has 1 atom stereocenters. The van der Waals surface area contributed by atoms with Gasteiger partial charge in [0.1, 0.15) is 6.10 Å². The summed E-state index contributed by atoms with van der Waals surface area (Å²) in [6.07, 6.45) is 2.61. The van der Waals surface area contributed by atoms with E-state index in [0.717, 1.165) is 24.8 Å². The second kappa shape index (κ2) is 9.13. The molecule has 2 saturated heterocycles. The SMILES string of the molecule is Cc1ccc(C(=O)CCC(=O)N2CCCN(C(=O)C3CCCO3)CC2)cc1. The van der Waals surface area contributed by atoms with Crippen molar-refractivity contribution in [3.8, 4) is 0 Å². The lowest BCUT2D eigenvalue weighted by molar-refractivity contribution is -0.141. The number of ether oxygens (including phenoxy) is 1. The van der Waals surface area contributed by atoms with Crippen molar-refractivity contribution in [3.05, 3.63) is 35.4 Å². The molecule has 2 amide bonds. The van der Waals surface area contributed by atoms with Gasteiger partial charge in [0.25, 0.3) is 5.91 Å². The van der Waals surface area contributed by atoms with E-state index in [1.54, 1.807) is 4.90 Å². The second-order valence-corrected chi connectivity index (χ2v) is 7.35.